The second-order valence-corrected chi connectivity index (χ2v) is 8.62. The predicted molar refractivity (Wildman–Crippen MR) is 85.7 cm³/mol. The molecule has 0 radical (unpaired) electrons. The number of hydrogen-bond acceptors (Lipinski definition) is 5. The number of aryl methyl sites for hydroxylation is 2. The molecule has 2 heterocycles. The van der Waals surface area contributed by atoms with Gasteiger partial charge in [-0.25, -0.2) is 8.42 Å². The molecular formula is C16H26N2O4S. The minimum Gasteiger partial charge on any atom is -0.375 e. The summed E-state index contributed by atoms with van der Waals surface area (Å²) in [6.45, 7) is 4.60. The van der Waals surface area contributed by atoms with Gasteiger partial charge in [0.1, 0.15) is 10.6 Å². The Morgan fingerprint density at radius 2 is 1.96 bits per heavy atom. The molecule has 6 nitrogen and oxygen atoms in total. The minimum atomic E-state index is -3.56. The maximum atomic E-state index is 12.9. The molecule has 0 N–H and O–H groups in total. The van der Waals surface area contributed by atoms with Crippen molar-refractivity contribution < 1.29 is 17.7 Å². The summed E-state index contributed by atoms with van der Waals surface area (Å²) in [5.41, 5.74) is 0.429. The van der Waals surface area contributed by atoms with Crippen molar-refractivity contribution in [1.29, 1.82) is 0 Å². The van der Waals surface area contributed by atoms with Crippen molar-refractivity contribution in [3.05, 3.63) is 11.5 Å². The van der Waals surface area contributed by atoms with Crippen molar-refractivity contribution in [3.63, 3.8) is 0 Å². The molecule has 7 heteroatoms. The third-order valence-corrected chi connectivity index (χ3v) is 7.10. The third-order valence-electron chi connectivity index (χ3n) is 4.99. The summed E-state index contributed by atoms with van der Waals surface area (Å²) in [6.07, 6.45) is 7.37. The quantitative estimate of drug-likeness (QED) is 0.841. The molecule has 0 spiro atoms. The first-order valence-corrected chi connectivity index (χ1v) is 9.97. The smallest absolute Gasteiger partial charge is 0.248 e. The van der Waals surface area contributed by atoms with Crippen LogP contribution >= 0.6 is 0 Å². The first kappa shape index (κ1) is 16.9. The van der Waals surface area contributed by atoms with Crippen LogP contribution in [-0.2, 0) is 14.8 Å². The second kappa shape index (κ2) is 6.91. The van der Waals surface area contributed by atoms with E-state index in [-0.39, 0.29) is 11.0 Å². The van der Waals surface area contributed by atoms with E-state index in [0.717, 1.165) is 6.42 Å². The van der Waals surface area contributed by atoms with Gasteiger partial charge in [0, 0.05) is 13.1 Å². The standard InChI is InChI=1S/C16H26N2O4S/c1-12-16(13(2)22-17-12)23(19,20)18-8-9-21-15(11-18)10-14-6-4-3-5-7-14/h14-15H,3-11H2,1-2H3. The van der Waals surface area contributed by atoms with Crippen molar-refractivity contribution in [2.75, 3.05) is 19.7 Å². The van der Waals surface area contributed by atoms with Gasteiger partial charge in [0.05, 0.1) is 12.7 Å². The van der Waals surface area contributed by atoms with E-state index in [2.05, 4.69) is 5.16 Å². The molecule has 3 rings (SSSR count). The molecule has 1 aromatic heterocycles. The Kier molecular flexibility index (Phi) is 5.08. The Balaban J connectivity index is 1.70. The fourth-order valence-electron chi connectivity index (χ4n) is 3.82. The van der Waals surface area contributed by atoms with Crippen molar-refractivity contribution in [3.8, 4) is 0 Å². The lowest BCUT2D eigenvalue weighted by Crippen LogP contribution is -2.46. The molecule has 1 aromatic rings. The minimum absolute atomic E-state index is 0.00194. The van der Waals surface area contributed by atoms with Gasteiger partial charge in [-0.15, -0.1) is 0 Å². The van der Waals surface area contributed by atoms with Crippen LogP contribution in [0.15, 0.2) is 9.42 Å². The summed E-state index contributed by atoms with van der Waals surface area (Å²) in [5, 5.41) is 3.78. The fraction of sp³-hybridized carbons (Fsp3) is 0.812. The molecule has 1 aliphatic heterocycles. The molecule has 1 saturated carbocycles. The zero-order chi connectivity index (χ0) is 16.4. The van der Waals surface area contributed by atoms with E-state index >= 15 is 0 Å². The summed E-state index contributed by atoms with van der Waals surface area (Å²) >= 11 is 0. The zero-order valence-corrected chi connectivity index (χ0v) is 14.8. The van der Waals surface area contributed by atoms with Gasteiger partial charge in [-0.3, -0.25) is 0 Å². The largest absolute Gasteiger partial charge is 0.375 e. The number of ether oxygens (including phenoxy) is 1. The highest BCUT2D eigenvalue weighted by Gasteiger charge is 2.35. The van der Waals surface area contributed by atoms with Crippen LogP contribution in [0.1, 0.15) is 50.0 Å². The number of rotatable bonds is 4. The zero-order valence-electron chi connectivity index (χ0n) is 14.0. The van der Waals surface area contributed by atoms with Crippen molar-refractivity contribution in [1.82, 2.24) is 9.46 Å². The van der Waals surface area contributed by atoms with Gasteiger partial charge >= 0.3 is 0 Å². The normalized spacial score (nSPS) is 24.9. The van der Waals surface area contributed by atoms with Gasteiger partial charge in [0.15, 0.2) is 5.76 Å². The van der Waals surface area contributed by atoms with Gasteiger partial charge in [-0.1, -0.05) is 37.3 Å². The maximum Gasteiger partial charge on any atom is 0.248 e. The molecular weight excluding hydrogens is 316 g/mol. The highest BCUT2D eigenvalue weighted by molar-refractivity contribution is 7.89. The number of aromatic nitrogens is 1. The Morgan fingerprint density at radius 1 is 1.22 bits per heavy atom. The summed E-state index contributed by atoms with van der Waals surface area (Å²) in [4.78, 5) is 0.218. The summed E-state index contributed by atoms with van der Waals surface area (Å²) in [6, 6.07) is 0. The Bertz CT molecular complexity index is 615. The average molecular weight is 342 g/mol. The Morgan fingerprint density at radius 3 is 2.61 bits per heavy atom. The molecule has 0 aromatic carbocycles. The first-order valence-electron chi connectivity index (χ1n) is 8.53. The second-order valence-electron chi connectivity index (χ2n) is 6.75. The number of nitrogens with zero attached hydrogens (tertiary/aromatic N) is 2. The fourth-order valence-corrected chi connectivity index (χ4v) is 5.57. The molecule has 0 bridgehead atoms. The van der Waals surface area contributed by atoms with Gasteiger partial charge in [0.2, 0.25) is 10.0 Å². The van der Waals surface area contributed by atoms with Crippen LogP contribution in [0.5, 0.6) is 0 Å². The van der Waals surface area contributed by atoms with Crippen molar-refractivity contribution in [2.24, 2.45) is 5.92 Å². The molecule has 1 unspecified atom stereocenters. The van der Waals surface area contributed by atoms with E-state index in [1.54, 1.807) is 13.8 Å². The van der Waals surface area contributed by atoms with Gasteiger partial charge < -0.3 is 9.26 Å². The van der Waals surface area contributed by atoms with Gasteiger partial charge in [-0.2, -0.15) is 4.31 Å². The molecule has 2 aliphatic rings. The molecule has 1 aliphatic carbocycles. The maximum absolute atomic E-state index is 12.9. The van der Waals surface area contributed by atoms with Gasteiger partial charge in [0.25, 0.3) is 0 Å². The predicted octanol–water partition coefficient (Wildman–Crippen LogP) is 2.65. The SMILES string of the molecule is Cc1noc(C)c1S(=O)(=O)N1CCOC(CC2CCCCC2)C1. The highest BCUT2D eigenvalue weighted by atomic mass is 32.2. The Hall–Kier alpha value is -0.920. The molecule has 0 amide bonds. The van der Waals surface area contributed by atoms with Crippen molar-refractivity contribution >= 4 is 10.0 Å². The topological polar surface area (TPSA) is 72.6 Å². The van der Waals surface area contributed by atoms with Gasteiger partial charge in [-0.05, 0) is 26.2 Å². The number of morpholine rings is 1. The monoisotopic (exact) mass is 342 g/mol. The van der Waals surface area contributed by atoms with Crippen LogP contribution < -0.4 is 0 Å². The summed E-state index contributed by atoms with van der Waals surface area (Å²) < 4.78 is 38.2. The first-order chi connectivity index (χ1) is 11.0. The van der Waals surface area contributed by atoms with Crippen molar-refractivity contribution in [2.45, 2.75) is 63.4 Å². The highest BCUT2D eigenvalue weighted by Crippen LogP contribution is 2.30. The molecule has 2 fully saturated rings. The number of sulfonamides is 1. The van der Waals surface area contributed by atoms with Crippen LogP contribution in [0.2, 0.25) is 0 Å². The molecule has 1 atom stereocenters. The average Bonchev–Trinajstić information content (AvgIpc) is 2.88. The van der Waals surface area contributed by atoms with E-state index in [0.29, 0.717) is 37.1 Å². The molecule has 1 saturated heterocycles. The summed E-state index contributed by atoms with van der Waals surface area (Å²) in [5.74, 6) is 1.04. The van der Waals surface area contributed by atoms with Crippen LogP contribution in [0.3, 0.4) is 0 Å². The van der Waals surface area contributed by atoms with Crippen LogP contribution in [0, 0.1) is 19.8 Å². The lowest BCUT2D eigenvalue weighted by atomic mass is 9.85. The van der Waals surface area contributed by atoms with E-state index in [9.17, 15) is 8.42 Å². The molecule has 130 valence electrons. The van der Waals surface area contributed by atoms with E-state index < -0.39 is 10.0 Å². The third kappa shape index (κ3) is 3.61. The van der Waals surface area contributed by atoms with E-state index in [4.69, 9.17) is 9.26 Å². The Labute approximate surface area is 138 Å². The van der Waals surface area contributed by atoms with Crippen LogP contribution in [0.25, 0.3) is 0 Å². The van der Waals surface area contributed by atoms with Crippen LogP contribution in [-0.4, -0.2) is 43.7 Å². The lowest BCUT2D eigenvalue weighted by molar-refractivity contribution is -0.0168. The van der Waals surface area contributed by atoms with Crippen LogP contribution in [0.4, 0.5) is 0 Å². The number of hydrogen-bond donors (Lipinski definition) is 0. The van der Waals surface area contributed by atoms with E-state index in [1.807, 2.05) is 0 Å². The lowest BCUT2D eigenvalue weighted by Gasteiger charge is -2.34. The summed E-state index contributed by atoms with van der Waals surface area (Å²) in [7, 11) is -3.56. The van der Waals surface area contributed by atoms with E-state index in [1.165, 1.54) is 36.4 Å². The molecule has 23 heavy (non-hydrogen) atoms.